The van der Waals surface area contributed by atoms with Crippen LogP contribution in [0.1, 0.15) is 19.0 Å². The second kappa shape index (κ2) is 6.33. The molecule has 2 aromatic rings. The highest BCUT2D eigenvalue weighted by molar-refractivity contribution is 7.13. The number of aryl methyl sites for hydroxylation is 1. The van der Waals surface area contributed by atoms with E-state index < -0.39 is 6.10 Å². The highest BCUT2D eigenvalue weighted by Crippen LogP contribution is 2.17. The van der Waals surface area contributed by atoms with Gasteiger partial charge in [-0.25, -0.2) is 4.98 Å². The van der Waals surface area contributed by atoms with E-state index in [1.54, 1.807) is 0 Å². The summed E-state index contributed by atoms with van der Waals surface area (Å²) in [6.07, 6.45) is 0.0945. The molecule has 0 aliphatic heterocycles. The second-order valence-corrected chi connectivity index (χ2v) is 4.97. The fourth-order valence-corrected chi connectivity index (χ4v) is 2.27. The van der Waals surface area contributed by atoms with Crippen LogP contribution in [0.4, 0.5) is 5.13 Å². The van der Waals surface area contributed by atoms with Gasteiger partial charge in [-0.2, -0.15) is 0 Å². The molecule has 1 amide bonds. The maximum absolute atomic E-state index is 12.1. The zero-order valence-corrected chi connectivity index (χ0v) is 11.7. The predicted molar refractivity (Wildman–Crippen MR) is 76.6 cm³/mol. The summed E-state index contributed by atoms with van der Waals surface area (Å²) >= 11 is 1.41. The summed E-state index contributed by atoms with van der Waals surface area (Å²) in [5, 5.41) is 5.28. The molecule has 19 heavy (non-hydrogen) atoms. The van der Waals surface area contributed by atoms with Crippen molar-refractivity contribution in [1.82, 2.24) is 4.98 Å². The van der Waals surface area contributed by atoms with E-state index in [1.165, 1.54) is 11.3 Å². The van der Waals surface area contributed by atoms with Gasteiger partial charge in [0.1, 0.15) is 5.75 Å². The van der Waals surface area contributed by atoms with E-state index in [9.17, 15) is 4.79 Å². The minimum absolute atomic E-state index is 0.166. The van der Waals surface area contributed by atoms with Crippen molar-refractivity contribution in [1.29, 1.82) is 0 Å². The number of nitrogens with one attached hydrogen (secondary N) is 1. The number of amides is 1. The van der Waals surface area contributed by atoms with Crippen LogP contribution in [0.5, 0.6) is 5.75 Å². The molecule has 0 aliphatic carbocycles. The highest BCUT2D eigenvalue weighted by Gasteiger charge is 2.19. The molecule has 0 fully saturated rings. The molecule has 0 spiro atoms. The maximum Gasteiger partial charge on any atom is 0.267 e. The number of anilines is 1. The molecule has 0 saturated carbocycles. The molecule has 1 N–H and O–H groups in total. The number of rotatable bonds is 5. The van der Waals surface area contributed by atoms with Crippen molar-refractivity contribution in [2.24, 2.45) is 0 Å². The Bertz CT molecular complexity index is 539. The standard InChI is InChI=1S/C14H16N2O2S/c1-3-12(18-11-7-5-4-6-8-11)13(17)16-14-15-10(2)9-19-14/h4-9,12H,3H2,1-2H3,(H,15,16,17). The first-order valence-corrected chi connectivity index (χ1v) is 7.01. The molecule has 5 heteroatoms. The van der Waals surface area contributed by atoms with Gasteiger partial charge < -0.3 is 4.74 Å². The van der Waals surface area contributed by atoms with Crippen LogP contribution in [0, 0.1) is 6.92 Å². The normalized spacial score (nSPS) is 11.9. The van der Waals surface area contributed by atoms with Gasteiger partial charge >= 0.3 is 0 Å². The van der Waals surface area contributed by atoms with Gasteiger partial charge in [-0.15, -0.1) is 11.3 Å². The van der Waals surface area contributed by atoms with Crippen LogP contribution in [-0.4, -0.2) is 17.0 Å². The molecule has 4 nitrogen and oxygen atoms in total. The van der Waals surface area contributed by atoms with Crippen LogP contribution in [0.3, 0.4) is 0 Å². The number of aromatic nitrogens is 1. The summed E-state index contributed by atoms with van der Waals surface area (Å²) in [4.78, 5) is 16.3. The van der Waals surface area contributed by atoms with E-state index >= 15 is 0 Å². The maximum atomic E-state index is 12.1. The Morgan fingerprint density at radius 2 is 2.16 bits per heavy atom. The van der Waals surface area contributed by atoms with E-state index in [2.05, 4.69) is 10.3 Å². The van der Waals surface area contributed by atoms with Crippen LogP contribution in [0.25, 0.3) is 0 Å². The van der Waals surface area contributed by atoms with E-state index in [0.717, 1.165) is 5.69 Å². The average molecular weight is 276 g/mol. The minimum Gasteiger partial charge on any atom is -0.481 e. The van der Waals surface area contributed by atoms with Crippen molar-refractivity contribution < 1.29 is 9.53 Å². The van der Waals surface area contributed by atoms with Gasteiger partial charge in [-0.05, 0) is 25.5 Å². The topological polar surface area (TPSA) is 51.2 Å². The van der Waals surface area contributed by atoms with E-state index in [0.29, 0.717) is 17.3 Å². The van der Waals surface area contributed by atoms with Gasteiger partial charge in [-0.3, -0.25) is 10.1 Å². The second-order valence-electron chi connectivity index (χ2n) is 4.11. The largest absolute Gasteiger partial charge is 0.481 e. The summed E-state index contributed by atoms with van der Waals surface area (Å²) in [6.45, 7) is 3.81. The number of thiazole rings is 1. The third kappa shape index (κ3) is 3.79. The molecule has 0 radical (unpaired) electrons. The number of hydrogen-bond acceptors (Lipinski definition) is 4. The minimum atomic E-state index is -0.508. The number of ether oxygens (including phenoxy) is 1. The van der Waals surface area contributed by atoms with Crippen LogP contribution in [-0.2, 0) is 4.79 Å². The van der Waals surface area contributed by atoms with Gasteiger partial charge in [-0.1, -0.05) is 25.1 Å². The SMILES string of the molecule is CCC(Oc1ccccc1)C(=O)Nc1nc(C)cs1. The quantitative estimate of drug-likeness (QED) is 0.912. The lowest BCUT2D eigenvalue weighted by Gasteiger charge is -2.16. The molecule has 2 rings (SSSR count). The number of hydrogen-bond donors (Lipinski definition) is 1. The molecule has 100 valence electrons. The molecule has 1 unspecified atom stereocenters. The summed E-state index contributed by atoms with van der Waals surface area (Å²) in [6, 6.07) is 9.34. The molecule has 1 atom stereocenters. The number of para-hydroxylation sites is 1. The molecule has 1 aromatic heterocycles. The van der Waals surface area contributed by atoms with Gasteiger partial charge in [0.25, 0.3) is 5.91 Å². The van der Waals surface area contributed by atoms with Crippen molar-refractivity contribution in [3.8, 4) is 5.75 Å². The summed E-state index contributed by atoms with van der Waals surface area (Å²) < 4.78 is 5.67. The number of carbonyl (C=O) groups is 1. The van der Waals surface area contributed by atoms with E-state index in [4.69, 9.17) is 4.74 Å². The summed E-state index contributed by atoms with van der Waals surface area (Å²) in [5.41, 5.74) is 0.900. The van der Waals surface area contributed by atoms with Crippen molar-refractivity contribution in [3.63, 3.8) is 0 Å². The van der Waals surface area contributed by atoms with Crippen LogP contribution in [0.2, 0.25) is 0 Å². The Balaban J connectivity index is 1.99. The number of benzene rings is 1. The van der Waals surface area contributed by atoms with Crippen molar-refractivity contribution in [3.05, 3.63) is 41.4 Å². The molecular formula is C14H16N2O2S. The summed E-state index contributed by atoms with van der Waals surface area (Å²) in [7, 11) is 0. The predicted octanol–water partition coefficient (Wildman–Crippen LogP) is 3.25. The Morgan fingerprint density at radius 3 is 2.74 bits per heavy atom. The third-order valence-electron chi connectivity index (χ3n) is 2.53. The van der Waals surface area contributed by atoms with Gasteiger partial charge in [0, 0.05) is 5.38 Å². The first-order valence-electron chi connectivity index (χ1n) is 6.13. The first kappa shape index (κ1) is 13.5. The van der Waals surface area contributed by atoms with Gasteiger partial charge in [0.15, 0.2) is 11.2 Å². The molecule has 0 saturated heterocycles. The van der Waals surface area contributed by atoms with Crippen LogP contribution < -0.4 is 10.1 Å². The summed E-state index contributed by atoms with van der Waals surface area (Å²) in [5.74, 6) is 0.528. The Hall–Kier alpha value is -1.88. The van der Waals surface area contributed by atoms with Crippen LogP contribution in [0.15, 0.2) is 35.7 Å². The average Bonchev–Trinajstić information content (AvgIpc) is 2.82. The highest BCUT2D eigenvalue weighted by atomic mass is 32.1. The smallest absolute Gasteiger partial charge is 0.267 e. The molecule has 1 heterocycles. The number of nitrogens with zero attached hydrogens (tertiary/aromatic N) is 1. The van der Waals surface area contributed by atoms with Crippen LogP contribution >= 0.6 is 11.3 Å². The number of carbonyl (C=O) groups excluding carboxylic acids is 1. The van der Waals surface area contributed by atoms with Gasteiger partial charge in [0.05, 0.1) is 5.69 Å². The Kier molecular flexibility index (Phi) is 4.52. The fraction of sp³-hybridized carbons (Fsp3) is 0.286. The fourth-order valence-electron chi connectivity index (χ4n) is 1.58. The Labute approximate surface area is 116 Å². The zero-order chi connectivity index (χ0) is 13.7. The molecule has 0 bridgehead atoms. The monoisotopic (exact) mass is 276 g/mol. The van der Waals surface area contributed by atoms with Crippen molar-refractivity contribution >= 4 is 22.4 Å². The molecule has 1 aromatic carbocycles. The van der Waals surface area contributed by atoms with E-state index in [1.807, 2.05) is 49.6 Å². The lowest BCUT2D eigenvalue weighted by Crippen LogP contribution is -2.32. The first-order chi connectivity index (χ1) is 9.19. The van der Waals surface area contributed by atoms with Gasteiger partial charge in [0.2, 0.25) is 0 Å². The lowest BCUT2D eigenvalue weighted by atomic mass is 10.2. The van der Waals surface area contributed by atoms with Crippen molar-refractivity contribution in [2.45, 2.75) is 26.4 Å². The molecule has 0 aliphatic rings. The third-order valence-corrected chi connectivity index (χ3v) is 3.41. The van der Waals surface area contributed by atoms with E-state index in [-0.39, 0.29) is 5.91 Å². The van der Waals surface area contributed by atoms with Crippen molar-refractivity contribution in [2.75, 3.05) is 5.32 Å². The molecular weight excluding hydrogens is 260 g/mol. The lowest BCUT2D eigenvalue weighted by molar-refractivity contribution is -0.122. The zero-order valence-electron chi connectivity index (χ0n) is 10.9. The Morgan fingerprint density at radius 1 is 1.42 bits per heavy atom.